The number of hydrogen-bond acceptors (Lipinski definition) is 18. The highest BCUT2D eigenvalue weighted by Crippen LogP contribution is 2.43. The van der Waals surface area contributed by atoms with Crippen molar-refractivity contribution in [1.82, 2.24) is 54.9 Å². The van der Waals surface area contributed by atoms with Crippen LogP contribution in [0.5, 0.6) is 0 Å². The Morgan fingerprint density at radius 1 is 0.974 bits per heavy atom. The maximum atomic E-state index is 14.4. The fourth-order valence-electron chi connectivity index (χ4n) is 12.1. The molecule has 10 rings (SSSR count). The minimum absolute atomic E-state index is 0.00829. The monoisotopic (exact) mass is 1120 g/mol. The third-order valence-corrected chi connectivity index (χ3v) is 19.2. The number of nitrogens with zero attached hydrogens (tertiary/aromatic N) is 12. The minimum atomic E-state index is -0.860. The largest absolute Gasteiger partial charge is 0.391 e. The van der Waals surface area contributed by atoms with Crippen LogP contribution < -0.4 is 20.9 Å². The molecule has 1 aromatic carbocycles. The Morgan fingerprint density at radius 3 is 2.35 bits per heavy atom. The van der Waals surface area contributed by atoms with Crippen molar-refractivity contribution in [2.24, 2.45) is 23.0 Å². The summed E-state index contributed by atoms with van der Waals surface area (Å²) in [7, 11) is 0. The van der Waals surface area contributed by atoms with Crippen LogP contribution in [0.25, 0.3) is 10.4 Å². The van der Waals surface area contributed by atoms with Gasteiger partial charge in [-0.25, -0.2) is 24.6 Å². The van der Waals surface area contributed by atoms with Gasteiger partial charge in [0.2, 0.25) is 17.7 Å². The van der Waals surface area contributed by atoms with Crippen molar-refractivity contribution in [3.8, 4) is 10.4 Å². The highest BCUT2D eigenvalue weighted by molar-refractivity contribution is 7.99. The Labute approximate surface area is 469 Å². The number of carbonyl (C=O) groups excluding carboxylic acids is 3. The summed E-state index contributed by atoms with van der Waals surface area (Å²) in [5.74, 6) is 0.695. The van der Waals surface area contributed by atoms with Crippen LogP contribution in [0.3, 0.4) is 0 Å². The van der Waals surface area contributed by atoms with Crippen LogP contribution in [0.4, 0.5) is 11.6 Å². The first-order chi connectivity index (χ1) is 37.6. The van der Waals surface area contributed by atoms with E-state index in [0.717, 1.165) is 52.5 Å². The maximum Gasteiger partial charge on any atom is 0.248 e. The predicted molar refractivity (Wildman–Crippen MR) is 299 cm³/mol. The number of carbonyl (C=O) groups is 3. The van der Waals surface area contributed by atoms with Gasteiger partial charge in [0, 0.05) is 107 Å². The van der Waals surface area contributed by atoms with Crippen molar-refractivity contribution >= 4 is 64.1 Å². The summed E-state index contributed by atoms with van der Waals surface area (Å²) in [6, 6.07) is 8.17. The van der Waals surface area contributed by atoms with Gasteiger partial charge in [-0.2, -0.15) is 0 Å². The number of amides is 3. The molecule has 5 aliphatic rings. The number of nitrogens with one attached hydrogen (secondary N) is 1. The van der Waals surface area contributed by atoms with Crippen LogP contribution in [0.2, 0.25) is 5.02 Å². The molecule has 0 saturated carbocycles. The number of pyridine rings is 1. The highest BCUT2D eigenvalue weighted by Gasteiger charge is 2.48. The molecule has 0 bridgehead atoms. The van der Waals surface area contributed by atoms with Crippen molar-refractivity contribution in [2.45, 2.75) is 126 Å². The number of halogens is 1. The molecule has 3 amide bonds. The molecule has 20 nitrogen and oxygen atoms in total. The first-order valence-electron chi connectivity index (χ1n) is 27.4. The second-order valence-electron chi connectivity index (χ2n) is 22.2. The van der Waals surface area contributed by atoms with E-state index in [9.17, 15) is 24.6 Å². The Morgan fingerprint density at radius 2 is 1.71 bits per heavy atom. The number of aromatic nitrogens is 7. The van der Waals surface area contributed by atoms with Crippen LogP contribution in [-0.4, -0.2) is 174 Å². The Kier molecular flexibility index (Phi) is 17.3. The fourth-order valence-corrected chi connectivity index (χ4v) is 14.1. The van der Waals surface area contributed by atoms with Gasteiger partial charge < -0.3 is 45.6 Å². The lowest BCUT2D eigenvalue weighted by atomic mass is 9.73. The molecule has 6 atom stereocenters. The van der Waals surface area contributed by atoms with Gasteiger partial charge in [0.25, 0.3) is 0 Å². The molecule has 4 aromatic heterocycles. The number of piperazine rings is 1. The topological polar surface area (TPSA) is 237 Å². The summed E-state index contributed by atoms with van der Waals surface area (Å²) in [5.41, 5.74) is 12.5. The molecular formula is C55H73ClN14O6S2. The molecule has 0 unspecified atom stereocenters. The number of β-amino-alcohol motifs (C(OH)–C–C–N with tert-alkyl or cyclic N) is 1. The average Bonchev–Trinajstić information content (AvgIpc) is 4.31. The van der Waals surface area contributed by atoms with E-state index in [1.807, 2.05) is 63.2 Å². The quantitative estimate of drug-likeness (QED) is 0.0981. The van der Waals surface area contributed by atoms with E-state index in [4.69, 9.17) is 32.0 Å². The van der Waals surface area contributed by atoms with Gasteiger partial charge in [-0.1, -0.05) is 66.7 Å². The molecule has 5 aromatic rings. The molecule has 5 saturated heterocycles. The highest BCUT2D eigenvalue weighted by atomic mass is 35.5. The first-order valence-corrected chi connectivity index (χ1v) is 29.5. The van der Waals surface area contributed by atoms with Crippen molar-refractivity contribution in [2.75, 3.05) is 81.9 Å². The second kappa shape index (κ2) is 24.2. The SMILES string of the molecule is Cc1cn([C@H](C(=O)N2C[C@H](O)C[C@H]2C(=O)N[C@@H](CCN2CCN(C(=O)C3CCN(c4nccc(Sc5cnc(N6CCC7(CC6)CO[C@@H](C)[C@H]7N)c(CO)n5)c4Cl)CC3)CC2)c2ccc(-c3scnc3C)cc2)C(C)C)nn1. The van der Waals surface area contributed by atoms with Crippen LogP contribution >= 0.6 is 34.7 Å². The third kappa shape index (κ3) is 11.9. The lowest BCUT2D eigenvalue weighted by molar-refractivity contribution is -0.142. The third-order valence-electron chi connectivity index (χ3n) is 16.8. The fraction of sp³-hybridized carbons (Fsp3) is 0.582. The first kappa shape index (κ1) is 56.0. The summed E-state index contributed by atoms with van der Waals surface area (Å²) < 4.78 is 7.47. The van der Waals surface area contributed by atoms with Crippen LogP contribution in [-0.2, 0) is 25.7 Å². The van der Waals surface area contributed by atoms with Gasteiger partial charge in [0.15, 0.2) is 5.82 Å². The number of benzene rings is 1. The van der Waals surface area contributed by atoms with E-state index in [2.05, 4.69) is 52.4 Å². The molecule has 0 aliphatic carbocycles. The standard InChI is InChI=1S/C55H73ClN14O6S2/c1-33(2)47(70-28-34(3)63-64-70)54(75)69-29-40(72)26-43(69)52(73)62-41(37-6-8-38(9-7-37)48-35(4)60-32-77-48)13-17-65-22-24-68(25-23-65)53(74)39-11-18-66(19-12-39)51-46(56)44(10-16-58-51)78-45-27-59-50(42(30-71)61-45)67-20-14-55(15-21-67)31-76-36(5)49(55)57/h6-10,16,27-28,32-33,36,39-41,43,47,49,71-72H,11-15,17-26,29-31,57H2,1-5H3,(H,62,73)/t36-,40+,41-,43-,47-,49+/m0/s1. The van der Waals surface area contributed by atoms with Crippen LogP contribution in [0.15, 0.2) is 64.4 Å². The number of hydrogen-bond donors (Lipinski definition) is 4. The van der Waals surface area contributed by atoms with Gasteiger partial charge >= 0.3 is 0 Å². The van der Waals surface area contributed by atoms with Gasteiger partial charge in [0.1, 0.15) is 28.6 Å². The molecule has 0 radical (unpaired) electrons. The number of likely N-dealkylation sites (tertiary alicyclic amines) is 1. The summed E-state index contributed by atoms with van der Waals surface area (Å²) in [6.45, 7) is 16.3. The zero-order valence-corrected chi connectivity index (χ0v) is 47.6. The van der Waals surface area contributed by atoms with Crippen molar-refractivity contribution in [3.63, 3.8) is 0 Å². The number of ether oxygens (including phenoxy) is 1. The molecule has 5 aliphatic heterocycles. The molecule has 78 heavy (non-hydrogen) atoms. The number of aliphatic hydroxyl groups excluding tert-OH is 2. The lowest BCUT2D eigenvalue weighted by Gasteiger charge is -2.41. The summed E-state index contributed by atoms with van der Waals surface area (Å²) >= 11 is 10.1. The maximum absolute atomic E-state index is 14.4. The van der Waals surface area contributed by atoms with E-state index in [1.165, 1.54) is 16.7 Å². The number of aryl methyl sites for hydroxylation is 2. The Balaban J connectivity index is 0.730. The van der Waals surface area contributed by atoms with Crippen LogP contribution in [0, 0.1) is 31.1 Å². The van der Waals surface area contributed by atoms with Gasteiger partial charge in [-0.05, 0) is 76.0 Å². The molecule has 23 heteroatoms. The number of nitrogens with two attached hydrogens (primary N) is 1. The van der Waals surface area contributed by atoms with E-state index in [1.54, 1.807) is 34.6 Å². The van der Waals surface area contributed by atoms with Crippen molar-refractivity contribution in [3.05, 3.63) is 82.1 Å². The average molecular weight is 1130 g/mol. The molecule has 9 heterocycles. The van der Waals surface area contributed by atoms with Crippen molar-refractivity contribution < 1.29 is 29.3 Å². The number of rotatable bonds is 16. The smallest absolute Gasteiger partial charge is 0.248 e. The number of aliphatic hydroxyl groups is 2. The van der Waals surface area contributed by atoms with Gasteiger partial charge in [0.05, 0.1) is 64.5 Å². The van der Waals surface area contributed by atoms with Crippen molar-refractivity contribution in [1.29, 1.82) is 0 Å². The second-order valence-corrected chi connectivity index (χ2v) is 24.5. The summed E-state index contributed by atoms with van der Waals surface area (Å²) in [5, 5.41) is 34.0. The molecular weight excluding hydrogens is 1050 g/mol. The number of anilines is 2. The molecule has 1 spiro atoms. The zero-order valence-electron chi connectivity index (χ0n) is 45.2. The summed E-state index contributed by atoms with van der Waals surface area (Å²) in [6.07, 6.45) is 8.30. The molecule has 5 fully saturated rings. The Hall–Kier alpha value is -5.33. The minimum Gasteiger partial charge on any atom is -0.391 e. The molecule has 5 N–H and O–H groups in total. The lowest BCUT2D eigenvalue weighted by Crippen LogP contribution is -2.52. The normalized spacial score (nSPS) is 22.9. The zero-order chi connectivity index (χ0) is 54.8. The number of piperidine rings is 2. The van der Waals surface area contributed by atoms with Crippen LogP contribution in [0.1, 0.15) is 94.0 Å². The van der Waals surface area contributed by atoms with Gasteiger partial charge in [-0.15, -0.1) is 16.4 Å². The van der Waals surface area contributed by atoms with E-state index in [-0.39, 0.29) is 72.7 Å². The van der Waals surface area contributed by atoms with Gasteiger partial charge in [-0.3, -0.25) is 19.3 Å². The van der Waals surface area contributed by atoms with E-state index < -0.39 is 18.2 Å². The Bertz CT molecular complexity index is 2900. The van der Waals surface area contributed by atoms with E-state index >= 15 is 0 Å². The predicted octanol–water partition coefficient (Wildman–Crippen LogP) is 5.30. The van der Waals surface area contributed by atoms with E-state index in [0.29, 0.717) is 105 Å². The number of thiazole rings is 1. The molecule has 418 valence electrons. The summed E-state index contributed by atoms with van der Waals surface area (Å²) in [4.78, 5) is 73.5.